The van der Waals surface area contributed by atoms with Crippen LogP contribution in [0.15, 0.2) is 23.3 Å². The lowest BCUT2D eigenvalue weighted by atomic mass is 10.1. The van der Waals surface area contributed by atoms with E-state index in [-0.39, 0.29) is 11.5 Å². The number of primary amides is 1. The Morgan fingerprint density at radius 3 is 2.80 bits per heavy atom. The maximum Gasteiger partial charge on any atom is 0.332 e. The number of carbonyl (C=O) groups excluding carboxylic acids is 1. The van der Waals surface area contributed by atoms with Gasteiger partial charge in [0.25, 0.3) is 0 Å². The fourth-order valence-corrected chi connectivity index (χ4v) is 0.956. The van der Waals surface area contributed by atoms with Gasteiger partial charge < -0.3 is 15.9 Å². The van der Waals surface area contributed by atoms with Crippen molar-refractivity contribution in [3.8, 4) is 11.5 Å². The molecule has 0 unspecified atom stereocenters. The summed E-state index contributed by atoms with van der Waals surface area (Å²) in [6.45, 7) is 0. The average Bonchev–Trinajstić information content (AvgIpc) is 2.18. The normalized spacial score (nSPS) is 10.4. The van der Waals surface area contributed by atoms with Gasteiger partial charge in [-0.3, -0.25) is 0 Å². The summed E-state index contributed by atoms with van der Waals surface area (Å²) in [4.78, 5) is 10.2. The van der Waals surface area contributed by atoms with Gasteiger partial charge in [-0.15, -0.1) is 0 Å². The number of nitrogens with two attached hydrogens (primary N) is 1. The summed E-state index contributed by atoms with van der Waals surface area (Å²) in [5.74, 6) is -0.366. The van der Waals surface area contributed by atoms with Crippen LogP contribution in [0, 0.1) is 0 Å². The number of hydrogen-bond acceptors (Lipinski definition) is 4. The van der Waals surface area contributed by atoms with Crippen molar-refractivity contribution in [3.05, 3.63) is 23.8 Å². The average molecular weight is 209 g/mol. The number of phenolic OH excluding ortho intramolecular Hbond substituents is 2. The van der Waals surface area contributed by atoms with E-state index in [4.69, 9.17) is 15.9 Å². The number of urea groups is 1. The van der Waals surface area contributed by atoms with Crippen molar-refractivity contribution in [2.24, 2.45) is 10.8 Å². The molecular formula is C9H11N3O3. The number of amides is 2. The first-order chi connectivity index (χ1) is 7.09. The molecule has 0 radical (unpaired) electrons. The lowest BCUT2D eigenvalue weighted by molar-refractivity contribution is 0.249. The molecule has 0 aliphatic heterocycles. The topological polar surface area (TPSA) is 108 Å². The molecule has 0 aliphatic carbocycles. The molecule has 2 amide bonds. The van der Waals surface area contributed by atoms with Gasteiger partial charge in [-0.25, -0.2) is 10.2 Å². The van der Waals surface area contributed by atoms with E-state index < -0.39 is 6.03 Å². The number of hydrazone groups is 1. The number of hydrogen-bond donors (Lipinski definition) is 4. The second-order valence-corrected chi connectivity index (χ2v) is 2.81. The SMILES string of the molecule is NC(=O)N/N=C/Cc1ccc(O)c(O)c1. The zero-order valence-corrected chi connectivity index (χ0v) is 7.84. The number of benzene rings is 1. The Labute approximate surface area is 86.0 Å². The van der Waals surface area contributed by atoms with Crippen LogP contribution in [-0.4, -0.2) is 22.5 Å². The van der Waals surface area contributed by atoms with E-state index >= 15 is 0 Å². The Balaban J connectivity index is 2.54. The maximum atomic E-state index is 10.2. The summed E-state index contributed by atoms with van der Waals surface area (Å²) in [6, 6.07) is 3.68. The smallest absolute Gasteiger partial charge is 0.332 e. The summed E-state index contributed by atoms with van der Waals surface area (Å²) in [6.07, 6.45) is 1.84. The van der Waals surface area contributed by atoms with E-state index in [1.807, 2.05) is 5.43 Å². The Morgan fingerprint density at radius 2 is 2.20 bits per heavy atom. The van der Waals surface area contributed by atoms with Crippen molar-refractivity contribution in [2.75, 3.05) is 0 Å². The zero-order chi connectivity index (χ0) is 11.3. The van der Waals surface area contributed by atoms with Gasteiger partial charge >= 0.3 is 6.03 Å². The summed E-state index contributed by atoms with van der Waals surface area (Å²) in [5.41, 5.74) is 7.57. The van der Waals surface area contributed by atoms with Crippen molar-refractivity contribution >= 4 is 12.2 Å². The molecule has 0 fully saturated rings. The van der Waals surface area contributed by atoms with E-state index in [0.29, 0.717) is 6.42 Å². The van der Waals surface area contributed by atoms with Crippen LogP contribution in [0.3, 0.4) is 0 Å². The van der Waals surface area contributed by atoms with Crippen molar-refractivity contribution in [1.82, 2.24) is 5.43 Å². The van der Waals surface area contributed by atoms with Gasteiger partial charge in [0.05, 0.1) is 0 Å². The minimum atomic E-state index is -0.736. The van der Waals surface area contributed by atoms with Gasteiger partial charge in [0.1, 0.15) is 0 Å². The minimum Gasteiger partial charge on any atom is -0.504 e. The quantitative estimate of drug-likeness (QED) is 0.326. The molecule has 0 atom stereocenters. The monoisotopic (exact) mass is 209 g/mol. The highest BCUT2D eigenvalue weighted by atomic mass is 16.3. The van der Waals surface area contributed by atoms with Crippen LogP contribution in [0.4, 0.5) is 4.79 Å². The molecule has 0 aliphatic rings. The molecule has 1 rings (SSSR count). The van der Waals surface area contributed by atoms with Crippen LogP contribution < -0.4 is 11.2 Å². The number of carbonyl (C=O) groups is 1. The largest absolute Gasteiger partial charge is 0.504 e. The fourth-order valence-electron chi connectivity index (χ4n) is 0.956. The molecule has 0 spiro atoms. The summed E-state index contributed by atoms with van der Waals surface area (Å²) >= 11 is 0. The molecule has 0 saturated carbocycles. The van der Waals surface area contributed by atoms with E-state index in [2.05, 4.69) is 5.10 Å². The van der Waals surface area contributed by atoms with Crippen LogP contribution in [0.1, 0.15) is 5.56 Å². The molecule has 1 aromatic rings. The van der Waals surface area contributed by atoms with Gasteiger partial charge in [-0.05, 0) is 17.7 Å². The molecular weight excluding hydrogens is 198 g/mol. The number of nitrogens with zero attached hydrogens (tertiary/aromatic N) is 1. The molecule has 0 saturated heterocycles. The zero-order valence-electron chi connectivity index (χ0n) is 7.84. The third-order valence-corrected chi connectivity index (χ3v) is 1.63. The van der Waals surface area contributed by atoms with Crippen molar-refractivity contribution in [3.63, 3.8) is 0 Å². The molecule has 15 heavy (non-hydrogen) atoms. The molecule has 80 valence electrons. The van der Waals surface area contributed by atoms with E-state index in [1.54, 1.807) is 6.07 Å². The summed E-state index contributed by atoms with van der Waals surface area (Å²) < 4.78 is 0. The second kappa shape index (κ2) is 4.85. The van der Waals surface area contributed by atoms with Gasteiger partial charge in [-0.1, -0.05) is 6.07 Å². The van der Waals surface area contributed by atoms with Crippen LogP contribution >= 0.6 is 0 Å². The van der Waals surface area contributed by atoms with Crippen LogP contribution in [0.2, 0.25) is 0 Å². The van der Waals surface area contributed by atoms with Gasteiger partial charge in [0.15, 0.2) is 11.5 Å². The number of nitrogens with one attached hydrogen (secondary N) is 1. The second-order valence-electron chi connectivity index (χ2n) is 2.81. The third-order valence-electron chi connectivity index (χ3n) is 1.63. The van der Waals surface area contributed by atoms with Crippen molar-refractivity contribution in [2.45, 2.75) is 6.42 Å². The van der Waals surface area contributed by atoms with Gasteiger partial charge in [0, 0.05) is 12.6 Å². The highest BCUT2D eigenvalue weighted by Crippen LogP contribution is 2.24. The van der Waals surface area contributed by atoms with E-state index in [0.717, 1.165) is 5.56 Å². The van der Waals surface area contributed by atoms with Crippen LogP contribution in [-0.2, 0) is 6.42 Å². The summed E-state index contributed by atoms with van der Waals surface area (Å²) in [7, 11) is 0. The highest BCUT2D eigenvalue weighted by Gasteiger charge is 1.98. The highest BCUT2D eigenvalue weighted by molar-refractivity contribution is 5.73. The molecule has 0 bridgehead atoms. The van der Waals surface area contributed by atoms with Crippen molar-refractivity contribution in [1.29, 1.82) is 0 Å². The van der Waals surface area contributed by atoms with E-state index in [1.165, 1.54) is 18.3 Å². The predicted octanol–water partition coefficient (Wildman–Crippen LogP) is 0.294. The summed E-state index contributed by atoms with van der Waals surface area (Å²) in [5, 5.41) is 21.7. The lowest BCUT2D eigenvalue weighted by Crippen LogP contribution is -2.24. The number of aromatic hydroxyl groups is 2. The molecule has 5 N–H and O–H groups in total. The van der Waals surface area contributed by atoms with Crippen LogP contribution in [0.25, 0.3) is 0 Å². The molecule has 0 aromatic heterocycles. The lowest BCUT2D eigenvalue weighted by Gasteiger charge is -1.99. The minimum absolute atomic E-state index is 0.175. The predicted molar refractivity (Wildman–Crippen MR) is 54.7 cm³/mol. The molecule has 6 heteroatoms. The first kappa shape index (κ1) is 10.8. The standard InChI is InChI=1S/C9H11N3O3/c10-9(15)12-11-4-3-6-1-2-7(13)8(14)5-6/h1-2,4-5,13-14H,3H2,(H3,10,12,15)/b11-4+. The molecule has 0 heterocycles. The van der Waals surface area contributed by atoms with E-state index in [9.17, 15) is 4.79 Å². The Morgan fingerprint density at radius 1 is 1.47 bits per heavy atom. The van der Waals surface area contributed by atoms with Crippen molar-refractivity contribution < 1.29 is 15.0 Å². The van der Waals surface area contributed by atoms with Gasteiger partial charge in [0.2, 0.25) is 0 Å². The Hall–Kier alpha value is -2.24. The number of phenols is 2. The fraction of sp³-hybridized carbons (Fsp3) is 0.111. The third kappa shape index (κ3) is 3.55. The van der Waals surface area contributed by atoms with Crippen LogP contribution in [0.5, 0.6) is 11.5 Å². The first-order valence-electron chi connectivity index (χ1n) is 4.17. The molecule has 6 nitrogen and oxygen atoms in total. The maximum absolute atomic E-state index is 10.2. The number of rotatable bonds is 3. The Kier molecular flexibility index (Phi) is 3.50. The van der Waals surface area contributed by atoms with Gasteiger partial charge in [-0.2, -0.15) is 5.10 Å². The molecule has 1 aromatic carbocycles. The Bertz CT molecular complexity index is 390. The first-order valence-corrected chi connectivity index (χ1v) is 4.17.